The van der Waals surface area contributed by atoms with Gasteiger partial charge in [-0.1, -0.05) is 74.5 Å². The molecule has 1 aromatic heterocycles. The summed E-state index contributed by atoms with van der Waals surface area (Å²) in [7, 11) is -3.68. The van der Waals surface area contributed by atoms with Crippen LogP contribution >= 0.6 is 11.3 Å². The highest BCUT2D eigenvalue weighted by molar-refractivity contribution is 7.88. The number of aliphatic hydroxyl groups excluding tert-OH is 1. The molecular formula is C40H47NO5S2. The Kier molecular flexibility index (Phi) is 7.26. The zero-order valence-corrected chi connectivity index (χ0v) is 30.0. The van der Waals surface area contributed by atoms with Crippen molar-refractivity contribution in [1.29, 1.82) is 0 Å². The van der Waals surface area contributed by atoms with E-state index in [2.05, 4.69) is 32.1 Å². The standard InChI is InChI=1S/C40H47NO5S2/c1-26-12-13-32(47-26)35(43)31-23-38-20-21-40(31)33(36(38,2)17-14-29(42)22-38)15-18-37(3)34(40)16-19-39(37,44)25-41(48(4,45)46)24-28-10-7-9-27-8-5-6-11-30(27)28/h5-13,20-21,23,29,33-34,42,44H,14-19,22,24-25H2,1-4H3/t29?,33-,34-,36-,37+,38+,39-,40-/m1/s1. The Balaban J connectivity index is 1.21. The summed E-state index contributed by atoms with van der Waals surface area (Å²) in [6.07, 6.45) is 12.8. The van der Waals surface area contributed by atoms with Gasteiger partial charge in [0, 0.05) is 39.8 Å². The number of ketones is 1. The second kappa shape index (κ2) is 10.7. The van der Waals surface area contributed by atoms with Crippen LogP contribution in [0, 0.1) is 40.4 Å². The van der Waals surface area contributed by atoms with Crippen LogP contribution in [-0.2, 0) is 16.6 Å². The Bertz CT molecular complexity index is 1990. The van der Waals surface area contributed by atoms with Gasteiger partial charge in [-0.25, -0.2) is 8.42 Å². The molecule has 2 bridgehead atoms. The van der Waals surface area contributed by atoms with Crippen molar-refractivity contribution in [3.05, 3.63) is 93.7 Å². The highest BCUT2D eigenvalue weighted by Crippen LogP contribution is 2.78. The van der Waals surface area contributed by atoms with Gasteiger partial charge in [0.2, 0.25) is 10.0 Å². The fraction of sp³-hybridized carbons (Fsp3) is 0.525. The van der Waals surface area contributed by atoms with Gasteiger partial charge in [0.25, 0.3) is 0 Å². The summed E-state index contributed by atoms with van der Waals surface area (Å²) in [4.78, 5) is 16.5. The molecule has 1 unspecified atom stereocenters. The minimum Gasteiger partial charge on any atom is -0.393 e. The summed E-state index contributed by atoms with van der Waals surface area (Å²) in [5, 5.41) is 25.9. The van der Waals surface area contributed by atoms with Crippen LogP contribution in [0.1, 0.15) is 78.9 Å². The fourth-order valence-corrected chi connectivity index (χ4v) is 13.1. The molecule has 6 nitrogen and oxygen atoms in total. The van der Waals surface area contributed by atoms with Crippen LogP contribution in [0.2, 0.25) is 0 Å². The minimum absolute atomic E-state index is 0.0109. The lowest BCUT2D eigenvalue weighted by molar-refractivity contribution is -0.173. The van der Waals surface area contributed by atoms with Crippen LogP contribution in [0.25, 0.3) is 10.8 Å². The minimum atomic E-state index is -3.68. The molecule has 8 atom stereocenters. The van der Waals surface area contributed by atoms with Gasteiger partial charge in [0.05, 0.1) is 22.8 Å². The van der Waals surface area contributed by atoms with Crippen LogP contribution in [0.15, 0.2) is 78.4 Å². The molecule has 0 saturated heterocycles. The number of Topliss-reactive ketones (excluding diaryl/α,β-unsaturated/α-hetero) is 1. The Labute approximate surface area is 288 Å². The van der Waals surface area contributed by atoms with Crippen molar-refractivity contribution in [2.45, 2.75) is 84.0 Å². The average Bonchev–Trinajstić information content (AvgIpc) is 3.60. The van der Waals surface area contributed by atoms with E-state index in [4.69, 9.17) is 0 Å². The van der Waals surface area contributed by atoms with Gasteiger partial charge in [-0.3, -0.25) is 4.79 Å². The van der Waals surface area contributed by atoms with Crippen LogP contribution in [0.5, 0.6) is 0 Å². The molecule has 2 N–H and O–H groups in total. The third-order valence-corrected chi connectivity index (χ3v) is 16.2. The number of nitrogens with zero attached hydrogens (tertiary/aromatic N) is 1. The molecule has 9 rings (SSSR count). The van der Waals surface area contributed by atoms with Crippen LogP contribution in [0.4, 0.5) is 0 Å². The predicted octanol–water partition coefficient (Wildman–Crippen LogP) is 7.45. The highest BCUT2D eigenvalue weighted by Gasteiger charge is 2.74. The Morgan fingerprint density at radius 1 is 0.938 bits per heavy atom. The summed E-state index contributed by atoms with van der Waals surface area (Å²) in [6.45, 7) is 6.77. The molecule has 2 spiro atoms. The third kappa shape index (κ3) is 4.38. The van der Waals surface area contributed by atoms with E-state index in [1.807, 2.05) is 61.5 Å². The Morgan fingerprint density at radius 3 is 2.40 bits per heavy atom. The van der Waals surface area contributed by atoms with E-state index in [1.54, 1.807) is 0 Å². The molecule has 6 aliphatic rings. The van der Waals surface area contributed by atoms with Gasteiger partial charge in [-0.05, 0) is 97.6 Å². The van der Waals surface area contributed by atoms with Gasteiger partial charge in [-0.2, -0.15) is 4.31 Å². The Hall–Kier alpha value is -2.62. The number of fused-ring (bicyclic) bond motifs is 2. The van der Waals surface area contributed by atoms with Crippen LogP contribution < -0.4 is 0 Å². The van der Waals surface area contributed by atoms with Gasteiger partial charge in [0.15, 0.2) is 5.78 Å². The number of rotatable bonds is 7. The van der Waals surface area contributed by atoms with Crippen molar-refractivity contribution in [1.82, 2.24) is 4.31 Å². The first kappa shape index (κ1) is 32.6. The van der Waals surface area contributed by atoms with Crippen molar-refractivity contribution >= 4 is 37.9 Å². The predicted molar refractivity (Wildman–Crippen MR) is 191 cm³/mol. The summed E-state index contributed by atoms with van der Waals surface area (Å²) in [6, 6.07) is 17.9. The topological polar surface area (TPSA) is 94.9 Å². The number of carbonyl (C=O) groups excluding carboxylic acids is 1. The maximum atomic E-state index is 14.7. The summed E-state index contributed by atoms with van der Waals surface area (Å²) >= 11 is 1.53. The lowest BCUT2D eigenvalue weighted by atomic mass is 9.32. The van der Waals surface area contributed by atoms with Crippen molar-refractivity contribution in [3.8, 4) is 0 Å². The maximum Gasteiger partial charge on any atom is 0.211 e. The SMILES string of the molecule is Cc1ccc(C(=O)C2=C[C@@]34C=C[C@@]25[C@@H]2CC[C@@](O)(CN(Cc6cccc7ccccc67)S(C)(=O)=O)[C@@]2(C)CC[C@@H]5[C@@]3(C)CCC(O)C4)s1. The molecule has 6 aliphatic carbocycles. The van der Waals surface area contributed by atoms with Crippen molar-refractivity contribution in [2.75, 3.05) is 12.8 Å². The lowest BCUT2D eigenvalue weighted by Crippen LogP contribution is -2.67. The molecule has 0 radical (unpaired) electrons. The molecule has 3 aromatic rings. The van der Waals surface area contributed by atoms with E-state index < -0.39 is 32.6 Å². The van der Waals surface area contributed by atoms with Gasteiger partial charge in [0.1, 0.15) is 0 Å². The molecule has 0 aliphatic heterocycles. The first-order valence-corrected chi connectivity index (χ1v) is 20.2. The monoisotopic (exact) mass is 685 g/mol. The van der Waals surface area contributed by atoms with Crippen LogP contribution in [-0.4, -0.2) is 53.2 Å². The normalized spacial score (nSPS) is 38.5. The molecule has 254 valence electrons. The summed E-state index contributed by atoms with van der Waals surface area (Å²) in [5.74, 6) is 0.217. The molecule has 0 amide bonds. The van der Waals surface area contributed by atoms with Crippen LogP contribution in [0.3, 0.4) is 0 Å². The zero-order chi connectivity index (χ0) is 33.9. The molecule has 3 fully saturated rings. The van der Waals surface area contributed by atoms with E-state index in [-0.39, 0.29) is 41.5 Å². The number of thiophene rings is 1. The van der Waals surface area contributed by atoms with Gasteiger partial charge < -0.3 is 10.2 Å². The van der Waals surface area contributed by atoms with Crippen molar-refractivity contribution in [3.63, 3.8) is 0 Å². The van der Waals surface area contributed by atoms with Crippen molar-refractivity contribution < 1.29 is 23.4 Å². The van der Waals surface area contributed by atoms with Gasteiger partial charge >= 0.3 is 0 Å². The van der Waals surface area contributed by atoms with Gasteiger partial charge in [-0.15, -0.1) is 11.3 Å². The van der Waals surface area contributed by atoms with E-state index in [0.29, 0.717) is 19.3 Å². The second-order valence-corrected chi connectivity index (χ2v) is 19.5. The Morgan fingerprint density at radius 2 is 1.65 bits per heavy atom. The third-order valence-electron chi connectivity index (χ3n) is 14.1. The van der Waals surface area contributed by atoms with E-state index in [0.717, 1.165) is 57.3 Å². The largest absolute Gasteiger partial charge is 0.393 e. The number of hydrogen-bond acceptors (Lipinski definition) is 6. The van der Waals surface area contributed by atoms with E-state index in [9.17, 15) is 23.4 Å². The molecule has 8 heteroatoms. The first-order chi connectivity index (χ1) is 22.7. The maximum absolute atomic E-state index is 14.7. The lowest BCUT2D eigenvalue weighted by Gasteiger charge is -2.71. The molecular weight excluding hydrogens is 639 g/mol. The van der Waals surface area contributed by atoms with E-state index >= 15 is 0 Å². The smallest absolute Gasteiger partial charge is 0.211 e. The highest BCUT2D eigenvalue weighted by atomic mass is 32.2. The first-order valence-electron chi connectivity index (χ1n) is 17.5. The number of aryl methyl sites for hydroxylation is 1. The summed E-state index contributed by atoms with van der Waals surface area (Å²) < 4.78 is 28.4. The molecule has 3 saturated carbocycles. The van der Waals surface area contributed by atoms with Crippen molar-refractivity contribution in [2.24, 2.45) is 33.5 Å². The fourth-order valence-electron chi connectivity index (χ4n) is 11.5. The quantitative estimate of drug-likeness (QED) is 0.199. The molecule has 48 heavy (non-hydrogen) atoms. The number of allylic oxidation sites excluding steroid dienone is 4. The summed E-state index contributed by atoms with van der Waals surface area (Å²) in [5.41, 5.74) is -1.23. The molecule has 2 aromatic carbocycles. The van der Waals surface area contributed by atoms with E-state index in [1.165, 1.54) is 21.9 Å². The number of hydrogen-bond donors (Lipinski definition) is 2. The number of sulfonamides is 1. The number of aliphatic hydroxyl groups is 2. The number of carbonyl (C=O) groups is 1. The second-order valence-electron chi connectivity index (χ2n) is 16.2. The number of benzene rings is 2. The molecule has 1 heterocycles. The average molecular weight is 686 g/mol. The zero-order valence-electron chi connectivity index (χ0n) is 28.4.